The fourth-order valence-corrected chi connectivity index (χ4v) is 3.44. The number of nitrogens with zero attached hydrogens (tertiary/aromatic N) is 3. The molecule has 2 aromatic carbocycles. The predicted molar refractivity (Wildman–Crippen MR) is 112 cm³/mol. The lowest BCUT2D eigenvalue weighted by Crippen LogP contribution is -2.16. The molecule has 4 rings (SSSR count). The van der Waals surface area contributed by atoms with Crippen LogP contribution in [0.1, 0.15) is 32.9 Å². The lowest BCUT2D eigenvalue weighted by atomic mass is 10.1. The van der Waals surface area contributed by atoms with Crippen LogP contribution in [0.15, 0.2) is 48.7 Å². The summed E-state index contributed by atoms with van der Waals surface area (Å²) in [6, 6.07) is 12.2. The summed E-state index contributed by atoms with van der Waals surface area (Å²) in [5.41, 5.74) is 7.04. The number of aryl methyl sites for hydroxylation is 4. The minimum atomic E-state index is -0.294. The van der Waals surface area contributed by atoms with Gasteiger partial charge in [0, 0.05) is 17.4 Å². The molecule has 0 aliphatic heterocycles. The Morgan fingerprint density at radius 3 is 2.48 bits per heavy atom. The Labute approximate surface area is 168 Å². The zero-order chi connectivity index (χ0) is 20.7. The second-order valence-electron chi connectivity index (χ2n) is 7.23. The molecule has 0 fully saturated rings. The van der Waals surface area contributed by atoms with Gasteiger partial charge in [-0.2, -0.15) is 5.10 Å². The monoisotopic (exact) mass is 388 g/mol. The first-order valence-electron chi connectivity index (χ1n) is 9.34. The van der Waals surface area contributed by atoms with Crippen molar-refractivity contribution < 1.29 is 9.18 Å². The normalized spacial score (nSPS) is 11.1. The molecule has 146 valence electrons. The average molecular weight is 388 g/mol. The summed E-state index contributed by atoms with van der Waals surface area (Å²) in [4.78, 5) is 17.4. The third kappa shape index (κ3) is 3.38. The molecule has 0 atom stereocenters. The molecule has 0 spiro atoms. The fraction of sp³-hybridized carbons (Fsp3) is 0.174. The van der Waals surface area contributed by atoms with Crippen LogP contribution in [0, 0.1) is 33.5 Å². The van der Waals surface area contributed by atoms with E-state index in [4.69, 9.17) is 0 Å². The van der Waals surface area contributed by atoms with Gasteiger partial charge in [0.05, 0.1) is 17.0 Å². The number of benzene rings is 2. The van der Waals surface area contributed by atoms with E-state index in [1.54, 1.807) is 22.8 Å². The number of hydrogen-bond acceptors (Lipinski definition) is 3. The van der Waals surface area contributed by atoms with Gasteiger partial charge in [-0.1, -0.05) is 24.3 Å². The van der Waals surface area contributed by atoms with Crippen molar-refractivity contribution in [2.24, 2.45) is 0 Å². The van der Waals surface area contributed by atoms with Crippen LogP contribution in [0.4, 0.5) is 10.1 Å². The number of amides is 1. The molecule has 0 unspecified atom stereocenters. The van der Waals surface area contributed by atoms with E-state index in [2.05, 4.69) is 15.4 Å². The summed E-state index contributed by atoms with van der Waals surface area (Å²) in [7, 11) is 0. The SMILES string of the molecule is Cc1ccc(C)c(NC(=O)c2cnc3c(-c4ccc(F)cc4)c(C)nn3c2C)c1. The van der Waals surface area contributed by atoms with Crippen molar-refractivity contribution in [1.29, 1.82) is 0 Å². The Hall–Kier alpha value is -3.54. The van der Waals surface area contributed by atoms with Gasteiger partial charge >= 0.3 is 0 Å². The first kappa shape index (κ1) is 18.8. The smallest absolute Gasteiger partial charge is 0.259 e. The van der Waals surface area contributed by atoms with E-state index in [1.807, 2.05) is 45.9 Å². The van der Waals surface area contributed by atoms with E-state index in [0.29, 0.717) is 16.9 Å². The van der Waals surface area contributed by atoms with Crippen LogP contribution in [-0.2, 0) is 0 Å². The molecule has 5 nitrogen and oxygen atoms in total. The number of nitrogens with one attached hydrogen (secondary N) is 1. The molecule has 0 saturated heterocycles. The maximum Gasteiger partial charge on any atom is 0.259 e. The van der Waals surface area contributed by atoms with Crippen molar-refractivity contribution in [3.63, 3.8) is 0 Å². The zero-order valence-electron chi connectivity index (χ0n) is 16.7. The lowest BCUT2D eigenvalue weighted by molar-refractivity contribution is 0.102. The van der Waals surface area contributed by atoms with E-state index in [1.165, 1.54) is 12.1 Å². The van der Waals surface area contributed by atoms with Gasteiger partial charge in [0.1, 0.15) is 5.82 Å². The molecule has 1 amide bonds. The number of rotatable bonds is 3. The molecule has 0 radical (unpaired) electrons. The van der Waals surface area contributed by atoms with Crippen molar-refractivity contribution in [2.45, 2.75) is 27.7 Å². The first-order chi connectivity index (χ1) is 13.8. The maximum absolute atomic E-state index is 13.3. The highest BCUT2D eigenvalue weighted by atomic mass is 19.1. The third-order valence-corrected chi connectivity index (χ3v) is 5.08. The molecule has 29 heavy (non-hydrogen) atoms. The molecule has 0 saturated carbocycles. The minimum Gasteiger partial charge on any atom is -0.322 e. The average Bonchev–Trinajstić information content (AvgIpc) is 3.02. The number of aromatic nitrogens is 3. The number of hydrogen-bond donors (Lipinski definition) is 1. The van der Waals surface area contributed by atoms with Gasteiger partial charge in [0.25, 0.3) is 5.91 Å². The van der Waals surface area contributed by atoms with Crippen LogP contribution in [-0.4, -0.2) is 20.5 Å². The molecule has 0 bridgehead atoms. The van der Waals surface area contributed by atoms with Crippen molar-refractivity contribution in [1.82, 2.24) is 14.6 Å². The van der Waals surface area contributed by atoms with Crippen LogP contribution in [0.2, 0.25) is 0 Å². The zero-order valence-corrected chi connectivity index (χ0v) is 16.7. The molecule has 4 aromatic rings. The van der Waals surface area contributed by atoms with E-state index < -0.39 is 0 Å². The molecular weight excluding hydrogens is 367 g/mol. The van der Waals surface area contributed by atoms with Gasteiger partial charge in [-0.25, -0.2) is 13.9 Å². The molecule has 2 aromatic heterocycles. The van der Waals surface area contributed by atoms with Gasteiger partial charge in [-0.3, -0.25) is 4.79 Å². The third-order valence-electron chi connectivity index (χ3n) is 5.08. The summed E-state index contributed by atoms with van der Waals surface area (Å²) in [5, 5.41) is 7.54. The lowest BCUT2D eigenvalue weighted by Gasteiger charge is -2.11. The Morgan fingerprint density at radius 2 is 1.76 bits per heavy atom. The minimum absolute atomic E-state index is 0.234. The van der Waals surface area contributed by atoms with Gasteiger partial charge in [-0.15, -0.1) is 0 Å². The van der Waals surface area contributed by atoms with Crippen LogP contribution in [0.25, 0.3) is 16.8 Å². The Morgan fingerprint density at radius 1 is 1.03 bits per heavy atom. The van der Waals surface area contributed by atoms with Gasteiger partial charge in [0.2, 0.25) is 0 Å². The molecule has 6 heteroatoms. The van der Waals surface area contributed by atoms with Gasteiger partial charge in [-0.05, 0) is 62.6 Å². The molecule has 0 aliphatic rings. The number of carbonyl (C=O) groups is 1. The highest BCUT2D eigenvalue weighted by molar-refractivity contribution is 6.05. The number of carbonyl (C=O) groups excluding carboxylic acids is 1. The number of fused-ring (bicyclic) bond motifs is 1. The summed E-state index contributed by atoms with van der Waals surface area (Å²) >= 11 is 0. The largest absolute Gasteiger partial charge is 0.322 e. The van der Waals surface area contributed by atoms with Crippen molar-refractivity contribution in [3.05, 3.63) is 82.6 Å². The van der Waals surface area contributed by atoms with Crippen molar-refractivity contribution >= 4 is 17.2 Å². The van der Waals surface area contributed by atoms with E-state index in [9.17, 15) is 9.18 Å². The van der Waals surface area contributed by atoms with Crippen LogP contribution < -0.4 is 5.32 Å². The quantitative estimate of drug-likeness (QED) is 0.536. The number of anilines is 1. The van der Waals surface area contributed by atoms with E-state index in [0.717, 1.165) is 33.6 Å². The van der Waals surface area contributed by atoms with Gasteiger partial charge < -0.3 is 5.32 Å². The Balaban J connectivity index is 1.76. The predicted octanol–water partition coefficient (Wildman–Crippen LogP) is 5.02. The molecular formula is C23H21FN4O. The Kier molecular flexibility index (Phi) is 4.62. The van der Waals surface area contributed by atoms with E-state index in [-0.39, 0.29) is 11.7 Å². The standard InChI is InChI=1S/C23H21FN4O/c1-13-5-6-14(2)20(11-13)26-23(29)19-12-25-22-21(15(3)27-28(22)16(19)4)17-7-9-18(24)10-8-17/h5-12H,1-4H3,(H,26,29). The second-order valence-corrected chi connectivity index (χ2v) is 7.23. The first-order valence-corrected chi connectivity index (χ1v) is 9.34. The summed E-state index contributed by atoms with van der Waals surface area (Å²) in [6.07, 6.45) is 1.57. The second kappa shape index (κ2) is 7.13. The van der Waals surface area contributed by atoms with E-state index >= 15 is 0 Å². The van der Waals surface area contributed by atoms with Crippen LogP contribution >= 0.6 is 0 Å². The summed E-state index contributed by atoms with van der Waals surface area (Å²) < 4.78 is 15.0. The van der Waals surface area contributed by atoms with Gasteiger partial charge in [0.15, 0.2) is 5.65 Å². The van der Waals surface area contributed by atoms with Crippen LogP contribution in [0.3, 0.4) is 0 Å². The van der Waals surface area contributed by atoms with Crippen molar-refractivity contribution in [3.8, 4) is 11.1 Å². The fourth-order valence-electron chi connectivity index (χ4n) is 3.44. The maximum atomic E-state index is 13.3. The topological polar surface area (TPSA) is 59.3 Å². The molecule has 1 N–H and O–H groups in total. The van der Waals surface area contributed by atoms with Crippen molar-refractivity contribution in [2.75, 3.05) is 5.32 Å². The molecule has 0 aliphatic carbocycles. The Bertz CT molecular complexity index is 1240. The summed E-state index contributed by atoms with van der Waals surface area (Å²) in [5.74, 6) is -0.528. The summed E-state index contributed by atoms with van der Waals surface area (Å²) in [6.45, 7) is 7.66. The highest BCUT2D eigenvalue weighted by Crippen LogP contribution is 2.28. The molecule has 2 heterocycles. The van der Waals surface area contributed by atoms with Crippen LogP contribution in [0.5, 0.6) is 0 Å². The highest BCUT2D eigenvalue weighted by Gasteiger charge is 2.19. The number of halogens is 1.